The molecule has 3 aromatic rings. The van der Waals surface area contributed by atoms with Gasteiger partial charge in [0, 0.05) is 22.7 Å². The Bertz CT molecular complexity index is 1180. The van der Waals surface area contributed by atoms with Crippen molar-refractivity contribution in [1.82, 2.24) is 10.3 Å². The number of benzene rings is 1. The van der Waals surface area contributed by atoms with Crippen LogP contribution in [0.3, 0.4) is 0 Å². The van der Waals surface area contributed by atoms with Gasteiger partial charge in [0.1, 0.15) is 9.71 Å². The summed E-state index contributed by atoms with van der Waals surface area (Å²) in [6.45, 7) is 4.19. The lowest BCUT2D eigenvalue weighted by molar-refractivity contribution is 0.0944. The van der Waals surface area contributed by atoms with E-state index in [1.54, 1.807) is 11.3 Å². The molecule has 3 aliphatic rings. The molecule has 0 radical (unpaired) electrons. The molecule has 6 rings (SSSR count). The molecule has 1 amide bonds. The molecule has 3 nitrogen and oxygen atoms in total. The minimum absolute atomic E-state index is 0.117. The molecule has 172 valence electrons. The molecular formula is C29H34N2OS. The normalized spacial score (nSPS) is 21.5. The number of nitrogens with one attached hydrogen (secondary N) is 1. The molecule has 0 bridgehead atoms. The first-order valence-corrected chi connectivity index (χ1v) is 13.6. The minimum Gasteiger partial charge on any atom is -0.347 e. The Balaban J connectivity index is 1.41. The third-order valence-electron chi connectivity index (χ3n) is 9.04. The highest BCUT2D eigenvalue weighted by Gasteiger charge is 2.75. The number of aryl methyl sites for hydroxylation is 2. The molecule has 3 fully saturated rings. The Labute approximate surface area is 201 Å². The van der Waals surface area contributed by atoms with Crippen LogP contribution in [-0.2, 0) is 0 Å². The van der Waals surface area contributed by atoms with Gasteiger partial charge in [0.05, 0.1) is 0 Å². The zero-order valence-electron chi connectivity index (χ0n) is 19.9. The van der Waals surface area contributed by atoms with Crippen LogP contribution in [0.25, 0.3) is 21.3 Å². The van der Waals surface area contributed by atoms with Gasteiger partial charge in [-0.15, -0.1) is 11.3 Å². The fourth-order valence-electron chi connectivity index (χ4n) is 7.63. The van der Waals surface area contributed by atoms with Crippen molar-refractivity contribution in [2.45, 2.75) is 84.1 Å². The summed E-state index contributed by atoms with van der Waals surface area (Å²) in [6.07, 6.45) is 13.2. The highest BCUT2D eigenvalue weighted by atomic mass is 32.1. The Morgan fingerprint density at radius 2 is 1.55 bits per heavy atom. The van der Waals surface area contributed by atoms with Crippen molar-refractivity contribution >= 4 is 27.5 Å². The van der Waals surface area contributed by atoms with Crippen molar-refractivity contribution in [3.63, 3.8) is 0 Å². The topological polar surface area (TPSA) is 42.0 Å². The van der Waals surface area contributed by atoms with Crippen LogP contribution in [0.15, 0.2) is 36.4 Å². The summed E-state index contributed by atoms with van der Waals surface area (Å²) in [6, 6.07) is 12.9. The summed E-state index contributed by atoms with van der Waals surface area (Å²) in [5, 5.41) is 4.78. The van der Waals surface area contributed by atoms with Gasteiger partial charge in [-0.05, 0) is 67.6 Å². The minimum atomic E-state index is 0.117. The number of amides is 1. The number of thiophene rings is 1. The number of carbonyl (C=O) groups excluding carboxylic acids is 1. The van der Waals surface area contributed by atoms with Crippen LogP contribution >= 0.6 is 11.3 Å². The molecule has 0 unspecified atom stereocenters. The largest absolute Gasteiger partial charge is 0.347 e. The number of fused-ring (bicyclic) bond motifs is 2. The summed E-state index contributed by atoms with van der Waals surface area (Å²) in [5.41, 5.74) is 5.10. The van der Waals surface area contributed by atoms with E-state index >= 15 is 0 Å². The number of rotatable bonds is 3. The molecule has 0 aliphatic heterocycles. The van der Waals surface area contributed by atoms with E-state index in [0.29, 0.717) is 16.9 Å². The smallest absolute Gasteiger partial charge is 0.262 e. The second kappa shape index (κ2) is 7.94. The van der Waals surface area contributed by atoms with Crippen molar-refractivity contribution < 1.29 is 4.79 Å². The molecule has 2 heterocycles. The van der Waals surface area contributed by atoms with E-state index in [4.69, 9.17) is 4.98 Å². The van der Waals surface area contributed by atoms with Crippen molar-refractivity contribution in [2.75, 3.05) is 0 Å². The number of pyridine rings is 1. The molecule has 4 heteroatoms. The summed E-state index contributed by atoms with van der Waals surface area (Å²) in [4.78, 5) is 20.6. The molecular weight excluding hydrogens is 424 g/mol. The maximum absolute atomic E-state index is 14.0. The van der Waals surface area contributed by atoms with Crippen LogP contribution in [0.5, 0.6) is 0 Å². The summed E-state index contributed by atoms with van der Waals surface area (Å²) < 4.78 is 0. The molecule has 2 aromatic heterocycles. The second-order valence-electron chi connectivity index (χ2n) is 10.8. The standard InChI is InChI=1S/C29H34N2OS/c1-19-18-20(2)30-26-22(19)23(21-12-6-3-7-13-21)24(33-26)25(32)31-27-28(14-8-4-9-15-28)29(27)16-10-5-11-17-29/h3,6-7,12-13,18,27H,4-5,8-11,14-17H2,1-2H3,(H,31,32). The Morgan fingerprint density at radius 1 is 0.939 bits per heavy atom. The lowest BCUT2D eigenvalue weighted by atomic mass is 9.73. The number of hydrogen-bond donors (Lipinski definition) is 1. The van der Waals surface area contributed by atoms with Gasteiger partial charge in [-0.1, -0.05) is 68.9 Å². The van der Waals surface area contributed by atoms with E-state index in [1.807, 2.05) is 13.0 Å². The third kappa shape index (κ3) is 3.20. The zero-order chi connectivity index (χ0) is 22.6. The molecule has 0 saturated heterocycles. The Morgan fingerprint density at radius 3 is 2.15 bits per heavy atom. The van der Waals surface area contributed by atoms with Gasteiger partial charge in [0.25, 0.3) is 5.91 Å². The van der Waals surface area contributed by atoms with Gasteiger partial charge in [-0.2, -0.15) is 0 Å². The number of aromatic nitrogens is 1. The van der Waals surface area contributed by atoms with E-state index in [9.17, 15) is 4.79 Å². The third-order valence-corrected chi connectivity index (χ3v) is 10.1. The average Bonchev–Trinajstić information content (AvgIpc) is 3.13. The maximum atomic E-state index is 14.0. The van der Waals surface area contributed by atoms with E-state index in [-0.39, 0.29) is 5.91 Å². The molecule has 1 aromatic carbocycles. The van der Waals surface area contributed by atoms with Crippen molar-refractivity contribution in [3.8, 4) is 11.1 Å². The SMILES string of the molecule is Cc1cc(C)c2c(-c3ccccc3)c(C(=O)NC3C4(CCCCC4)C34CCCCC4)sc2n1. The fourth-order valence-corrected chi connectivity index (χ4v) is 8.85. The second-order valence-corrected chi connectivity index (χ2v) is 11.8. The van der Waals surface area contributed by atoms with Crippen LogP contribution in [-0.4, -0.2) is 16.9 Å². The summed E-state index contributed by atoms with van der Waals surface area (Å²) >= 11 is 1.57. The van der Waals surface area contributed by atoms with E-state index in [1.165, 1.54) is 69.8 Å². The van der Waals surface area contributed by atoms with Crippen LogP contribution in [0, 0.1) is 24.7 Å². The van der Waals surface area contributed by atoms with Crippen LogP contribution in [0.2, 0.25) is 0 Å². The Kier molecular flexibility index (Phi) is 5.13. The molecule has 2 spiro atoms. The van der Waals surface area contributed by atoms with Crippen LogP contribution < -0.4 is 5.32 Å². The lowest BCUT2D eigenvalue weighted by Gasteiger charge is -2.31. The Hall–Kier alpha value is -2.20. The predicted molar refractivity (Wildman–Crippen MR) is 137 cm³/mol. The van der Waals surface area contributed by atoms with E-state index < -0.39 is 0 Å². The number of carbonyl (C=O) groups is 1. The van der Waals surface area contributed by atoms with Gasteiger partial charge >= 0.3 is 0 Å². The van der Waals surface area contributed by atoms with Gasteiger partial charge in [0.2, 0.25) is 0 Å². The monoisotopic (exact) mass is 458 g/mol. The van der Waals surface area contributed by atoms with Crippen LogP contribution in [0.4, 0.5) is 0 Å². The molecule has 3 aliphatic carbocycles. The first kappa shape index (κ1) is 21.3. The van der Waals surface area contributed by atoms with Gasteiger partial charge in [0.15, 0.2) is 0 Å². The number of nitrogens with zero attached hydrogens (tertiary/aromatic N) is 1. The first-order chi connectivity index (χ1) is 16.1. The quantitative estimate of drug-likeness (QED) is 0.439. The average molecular weight is 459 g/mol. The van der Waals surface area contributed by atoms with Crippen molar-refractivity contribution in [3.05, 3.63) is 52.5 Å². The molecule has 3 saturated carbocycles. The highest BCUT2D eigenvalue weighted by molar-refractivity contribution is 7.21. The van der Waals surface area contributed by atoms with Gasteiger partial charge in [-0.3, -0.25) is 4.79 Å². The highest BCUT2D eigenvalue weighted by Crippen LogP contribution is 2.75. The van der Waals surface area contributed by atoms with Gasteiger partial charge in [-0.25, -0.2) is 4.98 Å². The predicted octanol–water partition coefficient (Wildman–Crippen LogP) is 7.59. The van der Waals surface area contributed by atoms with E-state index in [2.05, 4.69) is 42.6 Å². The maximum Gasteiger partial charge on any atom is 0.262 e. The van der Waals surface area contributed by atoms with E-state index in [0.717, 1.165) is 31.9 Å². The van der Waals surface area contributed by atoms with Crippen molar-refractivity contribution in [1.29, 1.82) is 0 Å². The van der Waals surface area contributed by atoms with Crippen molar-refractivity contribution in [2.24, 2.45) is 10.8 Å². The zero-order valence-corrected chi connectivity index (χ0v) is 20.7. The molecule has 0 atom stereocenters. The van der Waals surface area contributed by atoms with Gasteiger partial charge < -0.3 is 5.32 Å². The molecule has 33 heavy (non-hydrogen) atoms. The summed E-state index contributed by atoms with van der Waals surface area (Å²) in [7, 11) is 0. The first-order valence-electron chi connectivity index (χ1n) is 12.8. The lowest BCUT2D eigenvalue weighted by Crippen LogP contribution is -2.31. The fraction of sp³-hybridized carbons (Fsp3) is 0.517. The summed E-state index contributed by atoms with van der Waals surface area (Å²) in [5.74, 6) is 0.117. The number of hydrogen-bond acceptors (Lipinski definition) is 3. The molecule has 1 N–H and O–H groups in total. The van der Waals surface area contributed by atoms with Crippen LogP contribution in [0.1, 0.15) is 85.1 Å².